The number of nitrogens with one attached hydrogen (secondary N) is 1. The highest BCUT2D eigenvalue weighted by atomic mass is 32.2. The van der Waals surface area contributed by atoms with E-state index in [1.165, 1.54) is 6.07 Å². The van der Waals surface area contributed by atoms with Gasteiger partial charge >= 0.3 is 0 Å². The molecule has 1 aliphatic carbocycles. The third kappa shape index (κ3) is 3.92. The number of hydrogen-bond acceptors (Lipinski definition) is 4. The summed E-state index contributed by atoms with van der Waals surface area (Å²) in [6.07, 6.45) is 2.15. The van der Waals surface area contributed by atoms with Crippen molar-refractivity contribution in [3.8, 4) is 0 Å². The van der Waals surface area contributed by atoms with Crippen LogP contribution < -0.4 is 16.2 Å². The molecule has 0 unspecified atom stereocenters. The van der Waals surface area contributed by atoms with Crippen LogP contribution in [0.4, 0.5) is 10.1 Å². The molecule has 116 valence electrons. The number of nitrogens with two attached hydrogens (primary N) is 2. The van der Waals surface area contributed by atoms with E-state index in [0.29, 0.717) is 25.7 Å². The Hall–Kier alpha value is -1.67. The first kappa shape index (κ1) is 15.7. The summed E-state index contributed by atoms with van der Waals surface area (Å²) in [5, 5.41) is 0. The van der Waals surface area contributed by atoms with Gasteiger partial charge in [-0.3, -0.25) is 4.79 Å². The smallest absolute Gasteiger partial charge is 0.240 e. The zero-order chi connectivity index (χ0) is 15.6. The lowest BCUT2D eigenvalue weighted by Crippen LogP contribution is -2.39. The molecule has 0 aliphatic heterocycles. The molecule has 0 heterocycles. The van der Waals surface area contributed by atoms with Crippen LogP contribution in [0, 0.1) is 11.7 Å². The van der Waals surface area contributed by atoms with Crippen LogP contribution in [-0.2, 0) is 14.8 Å². The Labute approximate surface area is 122 Å². The third-order valence-corrected chi connectivity index (χ3v) is 5.16. The van der Waals surface area contributed by atoms with Gasteiger partial charge in [0.1, 0.15) is 5.82 Å². The monoisotopic (exact) mass is 315 g/mol. The van der Waals surface area contributed by atoms with Crippen molar-refractivity contribution in [3.05, 3.63) is 24.0 Å². The second-order valence-corrected chi connectivity index (χ2v) is 7.01. The lowest BCUT2D eigenvalue weighted by Gasteiger charge is -2.27. The molecule has 21 heavy (non-hydrogen) atoms. The summed E-state index contributed by atoms with van der Waals surface area (Å²) in [5.74, 6) is -1.25. The largest absolute Gasteiger partial charge is 0.399 e. The van der Waals surface area contributed by atoms with Gasteiger partial charge in [0.05, 0.1) is 4.90 Å². The Morgan fingerprint density at radius 2 is 1.81 bits per heavy atom. The van der Waals surface area contributed by atoms with E-state index in [1.807, 2.05) is 0 Å². The standard InChI is InChI=1S/C13H18FN3O3S/c14-9-5-10(15)7-12(6-9)21(19,20)17-11-3-1-8(2-4-11)13(16)18/h5-8,11,17H,1-4,15H2,(H2,16,18). The van der Waals surface area contributed by atoms with Crippen LogP contribution in [0.3, 0.4) is 0 Å². The average molecular weight is 315 g/mol. The molecule has 0 bridgehead atoms. The summed E-state index contributed by atoms with van der Waals surface area (Å²) in [4.78, 5) is 10.9. The van der Waals surface area contributed by atoms with E-state index >= 15 is 0 Å². The van der Waals surface area contributed by atoms with Crippen molar-refractivity contribution in [1.29, 1.82) is 0 Å². The quantitative estimate of drug-likeness (QED) is 0.710. The molecule has 1 fully saturated rings. The highest BCUT2D eigenvalue weighted by Gasteiger charge is 2.28. The molecule has 5 N–H and O–H groups in total. The van der Waals surface area contributed by atoms with Gasteiger partial charge in [0.15, 0.2) is 0 Å². The van der Waals surface area contributed by atoms with Gasteiger partial charge in [-0.15, -0.1) is 0 Å². The Morgan fingerprint density at radius 1 is 1.19 bits per heavy atom. The molecule has 0 radical (unpaired) electrons. The first-order valence-corrected chi connectivity index (χ1v) is 8.14. The fourth-order valence-corrected chi connectivity index (χ4v) is 3.89. The van der Waals surface area contributed by atoms with Crippen molar-refractivity contribution in [2.45, 2.75) is 36.6 Å². The lowest BCUT2D eigenvalue weighted by atomic mass is 9.86. The van der Waals surface area contributed by atoms with E-state index in [2.05, 4.69) is 4.72 Å². The normalized spacial score (nSPS) is 22.9. The molecular formula is C13H18FN3O3S. The van der Waals surface area contributed by atoms with Gasteiger partial charge in [-0.1, -0.05) is 0 Å². The minimum Gasteiger partial charge on any atom is -0.399 e. The topological polar surface area (TPSA) is 115 Å². The molecule has 1 aromatic rings. The minimum atomic E-state index is -3.83. The van der Waals surface area contributed by atoms with Gasteiger partial charge in [0.25, 0.3) is 0 Å². The van der Waals surface area contributed by atoms with Crippen molar-refractivity contribution in [3.63, 3.8) is 0 Å². The van der Waals surface area contributed by atoms with Gasteiger partial charge < -0.3 is 11.5 Å². The number of carbonyl (C=O) groups is 1. The Morgan fingerprint density at radius 3 is 2.33 bits per heavy atom. The second-order valence-electron chi connectivity index (χ2n) is 5.29. The SMILES string of the molecule is NC(=O)C1CCC(NS(=O)(=O)c2cc(N)cc(F)c2)CC1. The van der Waals surface area contributed by atoms with Crippen LogP contribution in [-0.4, -0.2) is 20.4 Å². The first-order chi connectivity index (χ1) is 9.78. The van der Waals surface area contributed by atoms with Crippen molar-refractivity contribution in [1.82, 2.24) is 4.72 Å². The number of anilines is 1. The zero-order valence-electron chi connectivity index (χ0n) is 11.4. The highest BCUT2D eigenvalue weighted by Crippen LogP contribution is 2.25. The van der Waals surface area contributed by atoms with E-state index in [9.17, 15) is 17.6 Å². The maximum absolute atomic E-state index is 13.3. The molecule has 1 saturated carbocycles. The Kier molecular flexibility index (Phi) is 4.48. The van der Waals surface area contributed by atoms with Crippen LogP contribution >= 0.6 is 0 Å². The van der Waals surface area contributed by atoms with Gasteiger partial charge in [0, 0.05) is 17.6 Å². The van der Waals surface area contributed by atoms with E-state index in [0.717, 1.165) is 12.1 Å². The molecule has 1 aliphatic rings. The molecule has 2 rings (SSSR count). The molecular weight excluding hydrogens is 297 g/mol. The van der Waals surface area contributed by atoms with Crippen LogP contribution in [0.25, 0.3) is 0 Å². The number of benzene rings is 1. The molecule has 0 spiro atoms. The van der Waals surface area contributed by atoms with E-state index in [-0.39, 0.29) is 28.4 Å². The van der Waals surface area contributed by atoms with Crippen molar-refractivity contribution < 1.29 is 17.6 Å². The fraction of sp³-hybridized carbons (Fsp3) is 0.462. The highest BCUT2D eigenvalue weighted by molar-refractivity contribution is 7.89. The van der Waals surface area contributed by atoms with Gasteiger partial charge in [-0.25, -0.2) is 17.5 Å². The number of rotatable bonds is 4. The summed E-state index contributed by atoms with van der Waals surface area (Å²) in [7, 11) is -3.83. The van der Waals surface area contributed by atoms with Gasteiger partial charge in [-0.2, -0.15) is 0 Å². The van der Waals surface area contributed by atoms with E-state index < -0.39 is 15.8 Å². The fourth-order valence-electron chi connectivity index (χ4n) is 2.52. The van der Waals surface area contributed by atoms with Crippen molar-refractivity contribution >= 4 is 21.6 Å². The van der Waals surface area contributed by atoms with E-state index in [4.69, 9.17) is 11.5 Å². The number of carbonyl (C=O) groups excluding carboxylic acids is 1. The Bertz CT molecular complexity index is 620. The number of hydrogen-bond donors (Lipinski definition) is 3. The number of halogens is 1. The minimum absolute atomic E-state index is 0.0489. The molecule has 1 amide bonds. The third-order valence-electron chi connectivity index (χ3n) is 3.66. The van der Waals surface area contributed by atoms with Crippen molar-refractivity contribution in [2.24, 2.45) is 11.7 Å². The lowest BCUT2D eigenvalue weighted by molar-refractivity contribution is -0.122. The summed E-state index contributed by atoms with van der Waals surface area (Å²) >= 11 is 0. The van der Waals surface area contributed by atoms with Crippen molar-refractivity contribution in [2.75, 3.05) is 5.73 Å². The number of nitrogen functional groups attached to an aromatic ring is 1. The zero-order valence-corrected chi connectivity index (χ0v) is 12.2. The number of sulfonamides is 1. The molecule has 8 heteroatoms. The summed E-state index contributed by atoms with van der Waals surface area (Å²) < 4.78 is 40.2. The van der Waals surface area contributed by atoms with Crippen LogP contribution in [0.5, 0.6) is 0 Å². The van der Waals surface area contributed by atoms with Crippen LogP contribution in [0.15, 0.2) is 23.1 Å². The predicted octanol–water partition coefficient (Wildman–Crippen LogP) is 0.730. The van der Waals surface area contributed by atoms with Gasteiger partial charge in [0.2, 0.25) is 15.9 Å². The first-order valence-electron chi connectivity index (χ1n) is 6.65. The van der Waals surface area contributed by atoms with E-state index in [1.54, 1.807) is 0 Å². The molecule has 0 atom stereocenters. The molecule has 1 aromatic carbocycles. The number of amides is 1. The maximum Gasteiger partial charge on any atom is 0.240 e. The second kappa shape index (κ2) is 5.98. The average Bonchev–Trinajstić information content (AvgIpc) is 2.37. The molecule has 6 nitrogen and oxygen atoms in total. The van der Waals surface area contributed by atoms with Crippen LogP contribution in [0.2, 0.25) is 0 Å². The van der Waals surface area contributed by atoms with Gasteiger partial charge in [-0.05, 0) is 43.9 Å². The molecule has 0 saturated heterocycles. The Balaban J connectivity index is 2.07. The summed E-state index contributed by atoms with van der Waals surface area (Å²) in [6.45, 7) is 0. The number of primary amides is 1. The molecule has 0 aromatic heterocycles. The summed E-state index contributed by atoms with van der Waals surface area (Å²) in [6, 6.07) is 2.90. The summed E-state index contributed by atoms with van der Waals surface area (Å²) in [5.41, 5.74) is 10.7. The maximum atomic E-state index is 13.3. The predicted molar refractivity (Wildman–Crippen MR) is 76.1 cm³/mol. The van der Waals surface area contributed by atoms with Crippen LogP contribution in [0.1, 0.15) is 25.7 Å².